The molecule has 0 atom stereocenters. The molecule has 0 saturated carbocycles. The Hall–Kier alpha value is -0.930. The topological polar surface area (TPSA) is 44.5 Å². The van der Waals surface area contributed by atoms with Gasteiger partial charge < -0.3 is 15.2 Å². The van der Waals surface area contributed by atoms with Crippen molar-refractivity contribution >= 4 is 11.6 Å². The van der Waals surface area contributed by atoms with E-state index >= 15 is 0 Å². The number of halogens is 1. The minimum atomic E-state index is 0.692. The minimum Gasteiger partial charge on any atom is -0.490 e. The third kappa shape index (κ3) is 3.05. The Kier molecular flexibility index (Phi) is 4.51. The third-order valence-electron chi connectivity index (χ3n) is 2.84. The normalized spacial score (nSPS) is 14.5. The molecular weight excluding hydrogens is 238 g/mol. The third-order valence-corrected chi connectivity index (χ3v) is 3.19. The fourth-order valence-corrected chi connectivity index (χ4v) is 2.19. The van der Waals surface area contributed by atoms with Gasteiger partial charge in [0.2, 0.25) is 0 Å². The molecule has 1 aliphatic rings. The summed E-state index contributed by atoms with van der Waals surface area (Å²) in [7, 11) is 0. The zero-order chi connectivity index (χ0) is 12.1. The minimum absolute atomic E-state index is 0.692. The molecule has 4 heteroatoms. The van der Waals surface area contributed by atoms with Gasteiger partial charge in [-0.3, -0.25) is 0 Å². The first-order valence-electron chi connectivity index (χ1n) is 6.10. The molecule has 17 heavy (non-hydrogen) atoms. The van der Waals surface area contributed by atoms with Gasteiger partial charge in [0.05, 0.1) is 13.2 Å². The Bertz CT molecular complexity index is 382. The van der Waals surface area contributed by atoms with E-state index in [4.69, 9.17) is 26.8 Å². The van der Waals surface area contributed by atoms with Crippen molar-refractivity contribution in [3.8, 4) is 11.5 Å². The van der Waals surface area contributed by atoms with E-state index in [2.05, 4.69) is 0 Å². The molecule has 0 spiro atoms. The Balaban J connectivity index is 2.22. The Morgan fingerprint density at radius 2 is 2.00 bits per heavy atom. The molecule has 0 fully saturated rings. The van der Waals surface area contributed by atoms with Crippen molar-refractivity contribution in [2.75, 3.05) is 19.8 Å². The van der Waals surface area contributed by atoms with Crippen LogP contribution in [0.1, 0.15) is 24.8 Å². The highest BCUT2D eigenvalue weighted by molar-refractivity contribution is 6.31. The Morgan fingerprint density at radius 3 is 2.82 bits per heavy atom. The van der Waals surface area contributed by atoms with Crippen molar-refractivity contribution in [1.82, 2.24) is 0 Å². The number of nitrogens with two attached hydrogens (primary N) is 1. The molecule has 0 amide bonds. The Morgan fingerprint density at radius 1 is 1.18 bits per heavy atom. The maximum atomic E-state index is 6.23. The summed E-state index contributed by atoms with van der Waals surface area (Å²) in [4.78, 5) is 0. The van der Waals surface area contributed by atoms with Gasteiger partial charge in [-0.15, -0.1) is 0 Å². The standard InChI is InChI=1S/C13H18ClNO2/c14-11-5-6-12-13(17-9-3-8-16-12)10(11)4-1-2-7-15/h5-6H,1-4,7-9,15H2. The smallest absolute Gasteiger partial charge is 0.165 e. The van der Waals surface area contributed by atoms with E-state index in [0.717, 1.165) is 47.8 Å². The largest absolute Gasteiger partial charge is 0.490 e. The van der Waals surface area contributed by atoms with Crippen molar-refractivity contribution in [3.05, 3.63) is 22.7 Å². The van der Waals surface area contributed by atoms with Crippen LogP contribution >= 0.6 is 11.6 Å². The second-order valence-corrected chi connectivity index (χ2v) is 4.56. The highest BCUT2D eigenvalue weighted by atomic mass is 35.5. The number of ether oxygens (including phenoxy) is 2. The van der Waals surface area contributed by atoms with Crippen LogP contribution in [0, 0.1) is 0 Å². The maximum Gasteiger partial charge on any atom is 0.165 e. The van der Waals surface area contributed by atoms with E-state index in [9.17, 15) is 0 Å². The molecule has 2 rings (SSSR count). The van der Waals surface area contributed by atoms with Crippen molar-refractivity contribution in [3.63, 3.8) is 0 Å². The van der Waals surface area contributed by atoms with Crippen LogP contribution < -0.4 is 15.2 Å². The van der Waals surface area contributed by atoms with Crippen LogP contribution in [0.25, 0.3) is 0 Å². The van der Waals surface area contributed by atoms with Crippen LogP contribution in [0.15, 0.2) is 12.1 Å². The first-order chi connectivity index (χ1) is 8.33. The summed E-state index contributed by atoms with van der Waals surface area (Å²) in [6.45, 7) is 2.11. The second-order valence-electron chi connectivity index (χ2n) is 4.15. The molecular formula is C13H18ClNO2. The number of hydrogen-bond donors (Lipinski definition) is 1. The predicted octanol–water partition coefficient (Wildman–Crippen LogP) is 2.78. The van der Waals surface area contributed by atoms with E-state index in [1.165, 1.54) is 0 Å². The van der Waals surface area contributed by atoms with Gasteiger partial charge in [0.25, 0.3) is 0 Å². The summed E-state index contributed by atoms with van der Waals surface area (Å²) in [6.07, 6.45) is 3.83. The van der Waals surface area contributed by atoms with Gasteiger partial charge in [0.1, 0.15) is 0 Å². The molecule has 0 aromatic heterocycles. The number of unbranched alkanes of at least 4 members (excludes halogenated alkanes) is 1. The van der Waals surface area contributed by atoms with Crippen LogP contribution in [0.3, 0.4) is 0 Å². The zero-order valence-electron chi connectivity index (χ0n) is 9.88. The second kappa shape index (κ2) is 6.12. The monoisotopic (exact) mass is 255 g/mol. The molecule has 1 aromatic rings. The molecule has 0 saturated heterocycles. The lowest BCUT2D eigenvalue weighted by atomic mass is 10.1. The molecule has 1 aromatic carbocycles. The number of benzene rings is 1. The number of rotatable bonds is 4. The van der Waals surface area contributed by atoms with Gasteiger partial charge in [0, 0.05) is 17.0 Å². The molecule has 1 heterocycles. The predicted molar refractivity (Wildman–Crippen MR) is 69.1 cm³/mol. The zero-order valence-corrected chi connectivity index (χ0v) is 10.6. The van der Waals surface area contributed by atoms with Gasteiger partial charge in [-0.2, -0.15) is 0 Å². The van der Waals surface area contributed by atoms with E-state index in [-0.39, 0.29) is 0 Å². The fourth-order valence-electron chi connectivity index (χ4n) is 1.95. The van der Waals surface area contributed by atoms with E-state index in [0.29, 0.717) is 19.8 Å². The van der Waals surface area contributed by atoms with Crippen molar-refractivity contribution in [2.24, 2.45) is 5.73 Å². The van der Waals surface area contributed by atoms with E-state index < -0.39 is 0 Å². The quantitative estimate of drug-likeness (QED) is 0.842. The molecule has 1 aliphatic heterocycles. The van der Waals surface area contributed by atoms with Crippen LogP contribution in [0.5, 0.6) is 11.5 Å². The fraction of sp³-hybridized carbons (Fsp3) is 0.538. The van der Waals surface area contributed by atoms with Gasteiger partial charge in [-0.25, -0.2) is 0 Å². The van der Waals surface area contributed by atoms with E-state index in [1.54, 1.807) is 0 Å². The summed E-state index contributed by atoms with van der Waals surface area (Å²) in [5.41, 5.74) is 6.56. The Labute approximate surface area is 107 Å². The number of fused-ring (bicyclic) bond motifs is 1. The molecule has 0 unspecified atom stereocenters. The summed E-state index contributed by atoms with van der Waals surface area (Å²) in [6, 6.07) is 3.77. The average molecular weight is 256 g/mol. The molecule has 94 valence electrons. The van der Waals surface area contributed by atoms with Crippen molar-refractivity contribution in [2.45, 2.75) is 25.7 Å². The van der Waals surface area contributed by atoms with Gasteiger partial charge >= 0.3 is 0 Å². The molecule has 0 bridgehead atoms. The molecule has 3 nitrogen and oxygen atoms in total. The van der Waals surface area contributed by atoms with Crippen LogP contribution in [-0.2, 0) is 6.42 Å². The highest BCUT2D eigenvalue weighted by Crippen LogP contribution is 2.38. The average Bonchev–Trinajstić information content (AvgIpc) is 2.57. The van der Waals surface area contributed by atoms with E-state index in [1.807, 2.05) is 12.1 Å². The lowest BCUT2D eigenvalue weighted by Gasteiger charge is -2.13. The maximum absolute atomic E-state index is 6.23. The van der Waals surface area contributed by atoms with Gasteiger partial charge in [-0.05, 0) is 37.9 Å². The highest BCUT2D eigenvalue weighted by Gasteiger charge is 2.17. The van der Waals surface area contributed by atoms with Crippen molar-refractivity contribution < 1.29 is 9.47 Å². The van der Waals surface area contributed by atoms with Crippen LogP contribution in [-0.4, -0.2) is 19.8 Å². The summed E-state index contributed by atoms with van der Waals surface area (Å²) >= 11 is 6.23. The van der Waals surface area contributed by atoms with Gasteiger partial charge in [0.15, 0.2) is 11.5 Å². The summed E-state index contributed by atoms with van der Waals surface area (Å²) < 4.78 is 11.4. The van der Waals surface area contributed by atoms with Crippen LogP contribution in [0.2, 0.25) is 5.02 Å². The molecule has 2 N–H and O–H groups in total. The van der Waals surface area contributed by atoms with Crippen molar-refractivity contribution in [1.29, 1.82) is 0 Å². The van der Waals surface area contributed by atoms with Gasteiger partial charge in [-0.1, -0.05) is 11.6 Å². The SMILES string of the molecule is NCCCCc1c(Cl)ccc2c1OCCCO2. The summed E-state index contributed by atoms with van der Waals surface area (Å²) in [5.74, 6) is 1.64. The lowest BCUT2D eigenvalue weighted by Crippen LogP contribution is -2.02. The van der Waals surface area contributed by atoms with Crippen LogP contribution in [0.4, 0.5) is 0 Å². The first-order valence-corrected chi connectivity index (χ1v) is 6.48. The molecule has 0 radical (unpaired) electrons. The number of hydrogen-bond acceptors (Lipinski definition) is 3. The molecule has 0 aliphatic carbocycles. The lowest BCUT2D eigenvalue weighted by molar-refractivity contribution is 0.296. The summed E-state index contributed by atoms with van der Waals surface area (Å²) in [5, 5.41) is 0.756. The first kappa shape index (κ1) is 12.5.